The highest BCUT2D eigenvalue weighted by atomic mass is 35.5. The quantitative estimate of drug-likeness (QED) is 0.668. The van der Waals surface area contributed by atoms with Crippen molar-refractivity contribution in [3.8, 4) is 0 Å². The molecule has 1 rings (SSSR count). The predicted molar refractivity (Wildman–Crippen MR) is 50.4 cm³/mol. The lowest BCUT2D eigenvalue weighted by atomic mass is 10.1. The van der Waals surface area contributed by atoms with E-state index in [0.717, 1.165) is 21.8 Å². The van der Waals surface area contributed by atoms with Gasteiger partial charge in [0.05, 0.1) is 5.69 Å². The third-order valence-corrected chi connectivity index (χ3v) is 2.00. The van der Waals surface area contributed by atoms with Crippen LogP contribution in [0.4, 0.5) is 5.69 Å². The molecular weight excluding hydrogens is 181 g/mol. The summed E-state index contributed by atoms with van der Waals surface area (Å²) in [6.07, 6.45) is 0. The lowest BCUT2D eigenvalue weighted by Gasteiger charge is -2.07. The zero-order chi connectivity index (χ0) is 8.43. The molecule has 0 aliphatic carbocycles. The Hall–Kier alpha value is -0.400. The Morgan fingerprint density at radius 3 is 2.00 bits per heavy atom. The summed E-state index contributed by atoms with van der Waals surface area (Å²) in [5.41, 5.74) is 3.06. The van der Waals surface area contributed by atoms with Crippen molar-refractivity contribution in [1.82, 2.24) is 0 Å². The van der Waals surface area contributed by atoms with Crippen molar-refractivity contribution in [3.63, 3.8) is 0 Å². The Kier molecular flexibility index (Phi) is 2.63. The fourth-order valence-corrected chi connectivity index (χ4v) is 1.69. The number of nitrogens with one attached hydrogen (secondary N) is 1. The molecule has 60 valence electrons. The van der Waals surface area contributed by atoms with E-state index in [1.54, 1.807) is 0 Å². The molecule has 0 fully saturated rings. The number of rotatable bonds is 1. The topological polar surface area (TPSA) is 12.0 Å². The van der Waals surface area contributed by atoms with Crippen LogP contribution in [0.2, 0.25) is 5.02 Å². The number of benzene rings is 1. The van der Waals surface area contributed by atoms with Gasteiger partial charge >= 0.3 is 0 Å². The fourth-order valence-electron chi connectivity index (χ4n) is 1.06. The zero-order valence-corrected chi connectivity index (χ0v) is 7.92. The molecule has 0 aliphatic rings. The molecule has 0 saturated carbocycles. The Bertz CT molecular complexity index is 248. The number of anilines is 1. The highest BCUT2D eigenvalue weighted by Crippen LogP contribution is 2.24. The van der Waals surface area contributed by atoms with E-state index in [0.29, 0.717) is 0 Å². The molecule has 0 amide bonds. The molecule has 1 aromatic rings. The van der Waals surface area contributed by atoms with Crippen molar-refractivity contribution in [2.75, 3.05) is 4.84 Å². The van der Waals surface area contributed by atoms with Gasteiger partial charge in [-0.1, -0.05) is 11.6 Å². The average molecular weight is 190 g/mol. The van der Waals surface area contributed by atoms with Gasteiger partial charge in [-0.2, -0.15) is 0 Å². The molecule has 1 N–H and O–H groups in total. The number of hydrogen-bond acceptors (Lipinski definition) is 1. The maximum atomic E-state index is 5.81. The maximum absolute atomic E-state index is 5.81. The van der Waals surface area contributed by atoms with Crippen LogP contribution in [-0.2, 0) is 0 Å². The first kappa shape index (κ1) is 8.69. The normalized spacial score (nSPS) is 9.82. The van der Waals surface area contributed by atoms with Crippen molar-refractivity contribution < 1.29 is 0 Å². The molecular formula is C8H9Cl2N. The van der Waals surface area contributed by atoms with Crippen molar-refractivity contribution in [2.45, 2.75) is 13.8 Å². The molecule has 3 heteroatoms. The largest absolute Gasteiger partial charge is 0.298 e. The molecule has 0 aliphatic heterocycles. The number of halogens is 2. The second-order valence-corrected chi connectivity index (χ2v) is 3.13. The Balaban J connectivity index is 3.25. The van der Waals surface area contributed by atoms with E-state index >= 15 is 0 Å². The van der Waals surface area contributed by atoms with Gasteiger partial charge in [-0.05, 0) is 37.1 Å². The van der Waals surface area contributed by atoms with E-state index in [-0.39, 0.29) is 0 Å². The minimum atomic E-state index is 0.746. The molecule has 0 saturated heterocycles. The van der Waals surface area contributed by atoms with Crippen molar-refractivity contribution in [1.29, 1.82) is 0 Å². The maximum Gasteiger partial charge on any atom is 0.0551 e. The Morgan fingerprint density at radius 1 is 1.18 bits per heavy atom. The van der Waals surface area contributed by atoms with Gasteiger partial charge in [-0.25, -0.2) is 0 Å². The molecule has 0 aromatic heterocycles. The Labute approximate surface area is 76.4 Å². The summed E-state index contributed by atoms with van der Waals surface area (Å²) in [7, 11) is 0. The van der Waals surface area contributed by atoms with Gasteiger partial charge in [-0.15, -0.1) is 0 Å². The van der Waals surface area contributed by atoms with Gasteiger partial charge in [0.2, 0.25) is 0 Å². The summed E-state index contributed by atoms with van der Waals surface area (Å²) in [5.74, 6) is 0. The van der Waals surface area contributed by atoms with Crippen LogP contribution in [0.25, 0.3) is 0 Å². The molecule has 0 heterocycles. The summed E-state index contributed by atoms with van der Waals surface area (Å²) in [5, 5.41) is 0.746. The molecule has 0 radical (unpaired) electrons. The minimum absolute atomic E-state index is 0.746. The standard InChI is InChI=1S/C8H9Cl2N/c1-5-3-7(9)4-6(2)8(5)11-10/h3-4,11H,1-2H3. The molecule has 1 nitrogen and oxygen atoms in total. The van der Waals surface area contributed by atoms with Gasteiger partial charge < -0.3 is 0 Å². The molecule has 11 heavy (non-hydrogen) atoms. The van der Waals surface area contributed by atoms with Crippen LogP contribution in [0.5, 0.6) is 0 Å². The van der Waals surface area contributed by atoms with Crippen LogP contribution in [0.3, 0.4) is 0 Å². The molecule has 0 unspecified atom stereocenters. The van der Waals surface area contributed by atoms with E-state index in [2.05, 4.69) is 4.84 Å². The van der Waals surface area contributed by atoms with E-state index in [1.807, 2.05) is 26.0 Å². The molecule has 0 atom stereocenters. The highest BCUT2D eigenvalue weighted by molar-refractivity contribution is 6.31. The van der Waals surface area contributed by atoms with Crippen molar-refractivity contribution in [2.24, 2.45) is 0 Å². The van der Waals surface area contributed by atoms with Gasteiger partial charge in [0.15, 0.2) is 0 Å². The Morgan fingerprint density at radius 2 is 1.64 bits per heavy atom. The van der Waals surface area contributed by atoms with Crippen LogP contribution < -0.4 is 4.84 Å². The monoisotopic (exact) mass is 189 g/mol. The van der Waals surface area contributed by atoms with Gasteiger partial charge in [0.1, 0.15) is 0 Å². The molecule has 0 spiro atoms. The third kappa shape index (κ3) is 1.79. The fraction of sp³-hybridized carbons (Fsp3) is 0.250. The second kappa shape index (κ2) is 3.33. The number of aryl methyl sites for hydroxylation is 2. The van der Waals surface area contributed by atoms with E-state index in [9.17, 15) is 0 Å². The molecule has 1 aromatic carbocycles. The van der Waals surface area contributed by atoms with Crippen molar-refractivity contribution >= 4 is 29.1 Å². The van der Waals surface area contributed by atoms with E-state index in [4.69, 9.17) is 23.4 Å². The van der Waals surface area contributed by atoms with Crippen LogP contribution in [0.15, 0.2) is 12.1 Å². The zero-order valence-electron chi connectivity index (χ0n) is 6.41. The van der Waals surface area contributed by atoms with Gasteiger partial charge in [-0.3, -0.25) is 4.84 Å². The smallest absolute Gasteiger partial charge is 0.0551 e. The minimum Gasteiger partial charge on any atom is -0.298 e. The van der Waals surface area contributed by atoms with Crippen molar-refractivity contribution in [3.05, 3.63) is 28.3 Å². The van der Waals surface area contributed by atoms with E-state index < -0.39 is 0 Å². The SMILES string of the molecule is Cc1cc(Cl)cc(C)c1NCl. The molecule has 0 bridgehead atoms. The van der Waals surface area contributed by atoms with Gasteiger partial charge in [0, 0.05) is 16.8 Å². The first-order chi connectivity index (χ1) is 5.15. The second-order valence-electron chi connectivity index (χ2n) is 2.51. The first-order valence-corrected chi connectivity index (χ1v) is 4.04. The lowest BCUT2D eigenvalue weighted by Crippen LogP contribution is -1.89. The van der Waals surface area contributed by atoms with Crippen LogP contribution >= 0.6 is 23.4 Å². The first-order valence-electron chi connectivity index (χ1n) is 3.28. The summed E-state index contributed by atoms with van der Waals surface area (Å²) in [6.45, 7) is 3.92. The van der Waals surface area contributed by atoms with E-state index in [1.165, 1.54) is 0 Å². The van der Waals surface area contributed by atoms with Crippen LogP contribution in [0.1, 0.15) is 11.1 Å². The summed E-state index contributed by atoms with van der Waals surface area (Å²) < 4.78 is 0. The summed E-state index contributed by atoms with van der Waals surface area (Å²) >= 11 is 11.3. The van der Waals surface area contributed by atoms with Crippen LogP contribution in [0, 0.1) is 13.8 Å². The predicted octanol–water partition coefficient (Wildman–Crippen LogP) is 3.52. The summed E-state index contributed by atoms with van der Waals surface area (Å²) in [6, 6.07) is 3.75. The third-order valence-electron chi connectivity index (χ3n) is 1.59. The average Bonchev–Trinajstić information content (AvgIpc) is 1.85. The lowest BCUT2D eigenvalue weighted by molar-refractivity contribution is 1.39. The van der Waals surface area contributed by atoms with Crippen LogP contribution in [-0.4, -0.2) is 0 Å². The summed E-state index contributed by atoms with van der Waals surface area (Å²) in [4.78, 5) is 2.60. The van der Waals surface area contributed by atoms with Gasteiger partial charge in [0.25, 0.3) is 0 Å². The number of hydrogen-bond donors (Lipinski definition) is 1. The highest BCUT2D eigenvalue weighted by Gasteiger charge is 2.01.